The summed E-state index contributed by atoms with van der Waals surface area (Å²) in [5, 5.41) is 0. The van der Waals surface area contributed by atoms with E-state index in [1.54, 1.807) is 4.57 Å². The van der Waals surface area contributed by atoms with Gasteiger partial charge in [-0.05, 0) is 52.4 Å². The van der Waals surface area contributed by atoms with Gasteiger partial charge in [0.25, 0.3) is 0 Å². The average Bonchev–Trinajstić information content (AvgIpc) is 3.02. The predicted molar refractivity (Wildman–Crippen MR) is 81.4 cm³/mol. The number of halogens is 3. The van der Waals surface area contributed by atoms with Crippen LogP contribution in [0, 0.1) is 5.41 Å². The Bertz CT molecular complexity index is 624. The van der Waals surface area contributed by atoms with E-state index in [4.69, 9.17) is 4.74 Å². The number of rotatable bonds is 3. The Hall–Kier alpha value is -1.53. The Labute approximate surface area is 139 Å². The maximum atomic E-state index is 13.1. The Morgan fingerprint density at radius 2 is 1.75 bits per heavy atom. The fraction of sp³-hybridized carbons (Fsp3) is 0.765. The van der Waals surface area contributed by atoms with Crippen LogP contribution in [0.4, 0.5) is 13.2 Å². The van der Waals surface area contributed by atoms with Crippen LogP contribution in [0.1, 0.15) is 69.9 Å². The molecular weight excluding hydrogens is 321 g/mol. The first-order valence-electron chi connectivity index (χ1n) is 8.39. The van der Waals surface area contributed by atoms with Crippen molar-refractivity contribution >= 4 is 5.97 Å². The normalized spacial score (nSPS) is 30.0. The molecule has 1 heterocycles. The zero-order valence-corrected chi connectivity index (χ0v) is 14.2. The second-order valence-corrected chi connectivity index (χ2v) is 7.50. The monoisotopic (exact) mass is 344 g/mol. The minimum Gasteiger partial charge on any atom is -0.469 e. The van der Waals surface area contributed by atoms with Gasteiger partial charge >= 0.3 is 12.1 Å². The molecule has 24 heavy (non-hydrogen) atoms. The van der Waals surface area contributed by atoms with Crippen LogP contribution in [0.15, 0.2) is 6.20 Å². The maximum absolute atomic E-state index is 13.1. The molecule has 3 saturated carbocycles. The van der Waals surface area contributed by atoms with Crippen LogP contribution in [0.2, 0.25) is 0 Å². The molecule has 0 N–H and O–H groups in total. The molecular formula is C17H23F3N2O2. The molecule has 4 rings (SSSR count). The molecule has 0 atom stereocenters. The lowest BCUT2D eigenvalue weighted by molar-refractivity contribution is -0.160. The standard InChI is InChI=1S/C17H23F3N2O2/c1-11(2)22-10-12(17(18,19)20)21-13(22)15-4-7-16(8-5-15,9-6-15)14(23)24-3/h10-11H,4-9H2,1-3H3. The predicted octanol–water partition coefficient (Wildman–Crippen LogP) is 4.25. The molecule has 3 aliphatic carbocycles. The smallest absolute Gasteiger partial charge is 0.434 e. The van der Waals surface area contributed by atoms with E-state index in [0.29, 0.717) is 44.3 Å². The first-order valence-corrected chi connectivity index (χ1v) is 8.39. The molecule has 0 spiro atoms. The topological polar surface area (TPSA) is 44.1 Å². The summed E-state index contributed by atoms with van der Waals surface area (Å²) in [5.41, 5.74) is -1.63. The van der Waals surface area contributed by atoms with E-state index in [0.717, 1.165) is 6.20 Å². The number of ether oxygens (including phenoxy) is 1. The summed E-state index contributed by atoms with van der Waals surface area (Å²) < 4.78 is 46.0. The Balaban J connectivity index is 1.96. The first kappa shape index (κ1) is 17.3. The number of nitrogens with zero attached hydrogens (tertiary/aromatic N) is 2. The number of imidazole rings is 1. The van der Waals surface area contributed by atoms with Crippen LogP contribution in [-0.4, -0.2) is 22.6 Å². The van der Waals surface area contributed by atoms with Crippen molar-refractivity contribution < 1.29 is 22.7 Å². The first-order chi connectivity index (χ1) is 11.1. The highest BCUT2D eigenvalue weighted by molar-refractivity contribution is 5.77. The van der Waals surface area contributed by atoms with E-state index in [-0.39, 0.29) is 17.4 Å². The summed E-state index contributed by atoms with van der Waals surface area (Å²) in [6.45, 7) is 3.73. The zero-order chi connectivity index (χ0) is 17.8. The van der Waals surface area contributed by atoms with E-state index in [2.05, 4.69) is 4.98 Å². The van der Waals surface area contributed by atoms with Crippen molar-refractivity contribution in [2.45, 2.75) is 70.0 Å². The van der Waals surface area contributed by atoms with Crippen LogP contribution < -0.4 is 0 Å². The lowest BCUT2D eigenvalue weighted by Crippen LogP contribution is -2.49. The molecule has 134 valence electrons. The summed E-state index contributed by atoms with van der Waals surface area (Å²) in [6, 6.07) is -0.0906. The van der Waals surface area contributed by atoms with Gasteiger partial charge < -0.3 is 9.30 Å². The van der Waals surface area contributed by atoms with E-state index in [1.807, 2.05) is 13.8 Å². The zero-order valence-electron chi connectivity index (χ0n) is 14.2. The Morgan fingerprint density at radius 1 is 1.21 bits per heavy atom. The van der Waals surface area contributed by atoms with Gasteiger partial charge in [0.15, 0.2) is 5.69 Å². The second kappa shape index (κ2) is 5.49. The number of carbonyl (C=O) groups is 1. The van der Waals surface area contributed by atoms with Gasteiger partial charge in [0.1, 0.15) is 5.82 Å². The highest BCUT2D eigenvalue weighted by atomic mass is 19.4. The number of hydrogen-bond donors (Lipinski definition) is 0. The Kier molecular flexibility index (Phi) is 3.96. The van der Waals surface area contributed by atoms with Gasteiger partial charge in [-0.15, -0.1) is 0 Å². The maximum Gasteiger partial charge on any atom is 0.434 e. The molecule has 4 nitrogen and oxygen atoms in total. The van der Waals surface area contributed by atoms with Crippen LogP contribution >= 0.6 is 0 Å². The van der Waals surface area contributed by atoms with Crippen molar-refractivity contribution in [2.75, 3.05) is 7.11 Å². The molecule has 3 aliphatic rings. The summed E-state index contributed by atoms with van der Waals surface area (Å²) in [6.07, 6.45) is 0.718. The number of hydrogen-bond acceptors (Lipinski definition) is 3. The highest BCUT2D eigenvalue weighted by Crippen LogP contribution is 2.58. The lowest BCUT2D eigenvalue weighted by atomic mass is 9.53. The molecule has 0 unspecified atom stereocenters. The van der Waals surface area contributed by atoms with Crippen molar-refractivity contribution in [3.63, 3.8) is 0 Å². The summed E-state index contributed by atoms with van der Waals surface area (Å²) in [4.78, 5) is 16.1. The van der Waals surface area contributed by atoms with Gasteiger partial charge in [0.05, 0.1) is 12.5 Å². The largest absolute Gasteiger partial charge is 0.469 e. The van der Waals surface area contributed by atoms with E-state index >= 15 is 0 Å². The summed E-state index contributed by atoms with van der Waals surface area (Å²) in [7, 11) is 1.40. The van der Waals surface area contributed by atoms with Crippen LogP contribution in [0.5, 0.6) is 0 Å². The van der Waals surface area contributed by atoms with Crippen molar-refractivity contribution in [1.29, 1.82) is 0 Å². The van der Waals surface area contributed by atoms with Crippen molar-refractivity contribution in [2.24, 2.45) is 5.41 Å². The van der Waals surface area contributed by atoms with Crippen molar-refractivity contribution in [1.82, 2.24) is 9.55 Å². The summed E-state index contributed by atoms with van der Waals surface area (Å²) in [5.74, 6) is 0.349. The van der Waals surface area contributed by atoms with Gasteiger partial charge in [0, 0.05) is 17.7 Å². The molecule has 0 amide bonds. The van der Waals surface area contributed by atoms with E-state index < -0.39 is 17.3 Å². The van der Waals surface area contributed by atoms with Crippen LogP contribution in [-0.2, 0) is 21.1 Å². The number of fused-ring (bicyclic) bond motifs is 3. The van der Waals surface area contributed by atoms with Gasteiger partial charge in [-0.2, -0.15) is 13.2 Å². The van der Waals surface area contributed by atoms with Crippen molar-refractivity contribution in [3.05, 3.63) is 17.7 Å². The van der Waals surface area contributed by atoms with Crippen molar-refractivity contribution in [3.8, 4) is 0 Å². The molecule has 0 saturated heterocycles. The summed E-state index contributed by atoms with van der Waals surface area (Å²) >= 11 is 0. The molecule has 1 aromatic heterocycles. The number of methoxy groups -OCH3 is 1. The fourth-order valence-corrected chi connectivity index (χ4v) is 4.36. The number of alkyl halides is 3. The molecule has 3 fully saturated rings. The second-order valence-electron chi connectivity index (χ2n) is 7.50. The Morgan fingerprint density at radius 3 is 2.17 bits per heavy atom. The van der Waals surface area contributed by atoms with Crippen LogP contribution in [0.3, 0.4) is 0 Å². The highest BCUT2D eigenvalue weighted by Gasteiger charge is 2.55. The average molecular weight is 344 g/mol. The molecule has 7 heteroatoms. The quantitative estimate of drug-likeness (QED) is 0.770. The minimum atomic E-state index is -4.44. The molecule has 2 bridgehead atoms. The van der Waals surface area contributed by atoms with Gasteiger partial charge in [-0.3, -0.25) is 4.79 Å². The van der Waals surface area contributed by atoms with Gasteiger partial charge in [0.2, 0.25) is 0 Å². The molecule has 0 aliphatic heterocycles. The third kappa shape index (κ3) is 2.52. The number of aromatic nitrogens is 2. The molecule has 0 aromatic carbocycles. The molecule has 0 radical (unpaired) electrons. The van der Waals surface area contributed by atoms with Gasteiger partial charge in [-0.25, -0.2) is 4.98 Å². The lowest BCUT2D eigenvalue weighted by Gasteiger charge is -2.51. The SMILES string of the molecule is COC(=O)C12CCC(c3nc(C(F)(F)F)cn3C(C)C)(CC1)CC2. The number of esters is 1. The van der Waals surface area contributed by atoms with Crippen LogP contribution in [0.25, 0.3) is 0 Å². The molecule has 1 aromatic rings. The third-order valence-electron chi connectivity index (χ3n) is 5.92. The number of carbonyl (C=O) groups excluding carboxylic acids is 1. The van der Waals surface area contributed by atoms with Gasteiger partial charge in [-0.1, -0.05) is 0 Å². The minimum absolute atomic E-state index is 0.0906. The van der Waals surface area contributed by atoms with E-state index in [9.17, 15) is 18.0 Å². The van der Waals surface area contributed by atoms with E-state index in [1.165, 1.54) is 7.11 Å². The third-order valence-corrected chi connectivity index (χ3v) is 5.92. The fourth-order valence-electron chi connectivity index (χ4n) is 4.36.